The zero-order chi connectivity index (χ0) is 18.0. The second kappa shape index (κ2) is 7.87. The van der Waals surface area contributed by atoms with Gasteiger partial charge in [-0.1, -0.05) is 38.5 Å². The number of rotatable bonds is 4. The summed E-state index contributed by atoms with van der Waals surface area (Å²) in [6.45, 7) is 4.76. The fraction of sp³-hybridized carbons (Fsp3) is 0.905. The molecule has 5 heteroatoms. The summed E-state index contributed by atoms with van der Waals surface area (Å²) in [6.07, 6.45) is 11.8. The third-order valence-electron chi connectivity index (χ3n) is 7.62. The molecule has 5 nitrogen and oxygen atoms in total. The van der Waals surface area contributed by atoms with Crippen molar-refractivity contribution in [1.82, 2.24) is 15.1 Å². The van der Waals surface area contributed by atoms with Gasteiger partial charge < -0.3 is 15.1 Å². The van der Waals surface area contributed by atoms with E-state index in [2.05, 4.69) is 10.2 Å². The molecule has 1 N–H and O–H groups in total. The number of nitrogens with zero attached hydrogens (tertiary/aromatic N) is 2. The maximum absolute atomic E-state index is 13.3. The van der Waals surface area contributed by atoms with Gasteiger partial charge in [0.05, 0.1) is 5.41 Å². The number of hydrogen-bond donors (Lipinski definition) is 1. The third-order valence-corrected chi connectivity index (χ3v) is 7.62. The molecule has 26 heavy (non-hydrogen) atoms. The number of carbonyl (C=O) groups excluding carboxylic acids is 2. The molecule has 4 rings (SSSR count). The zero-order valence-electron chi connectivity index (χ0n) is 16.2. The molecule has 0 spiro atoms. The van der Waals surface area contributed by atoms with E-state index in [1.807, 2.05) is 4.90 Å². The molecule has 2 aliphatic carbocycles. The van der Waals surface area contributed by atoms with Crippen molar-refractivity contribution in [3.05, 3.63) is 0 Å². The van der Waals surface area contributed by atoms with Crippen LogP contribution in [0, 0.1) is 17.3 Å². The Balaban J connectivity index is 1.27. The van der Waals surface area contributed by atoms with Crippen LogP contribution in [0.2, 0.25) is 0 Å². The van der Waals surface area contributed by atoms with Gasteiger partial charge in [0.25, 0.3) is 0 Å². The van der Waals surface area contributed by atoms with E-state index in [1.54, 1.807) is 0 Å². The lowest BCUT2D eigenvalue weighted by atomic mass is 9.67. The van der Waals surface area contributed by atoms with Crippen LogP contribution in [-0.2, 0) is 9.59 Å². The Labute approximate surface area is 157 Å². The molecule has 2 saturated heterocycles. The van der Waals surface area contributed by atoms with Crippen LogP contribution in [0.15, 0.2) is 0 Å². The van der Waals surface area contributed by atoms with E-state index in [0.29, 0.717) is 24.2 Å². The molecule has 4 aliphatic rings. The Morgan fingerprint density at radius 2 is 1.62 bits per heavy atom. The van der Waals surface area contributed by atoms with Crippen LogP contribution in [0.1, 0.15) is 64.2 Å². The van der Waals surface area contributed by atoms with E-state index in [0.717, 1.165) is 58.0 Å². The van der Waals surface area contributed by atoms with Gasteiger partial charge in [0.15, 0.2) is 0 Å². The first-order valence-electron chi connectivity index (χ1n) is 11.0. The molecule has 146 valence electrons. The number of carbonyl (C=O) groups is 2. The average Bonchev–Trinajstić information content (AvgIpc) is 3.35. The first-order chi connectivity index (χ1) is 12.7. The number of amides is 2. The fourth-order valence-electron chi connectivity index (χ4n) is 5.93. The van der Waals surface area contributed by atoms with Crippen molar-refractivity contribution in [2.24, 2.45) is 17.3 Å². The summed E-state index contributed by atoms with van der Waals surface area (Å²) < 4.78 is 0. The maximum Gasteiger partial charge on any atom is 0.230 e. The van der Waals surface area contributed by atoms with Crippen molar-refractivity contribution < 1.29 is 9.59 Å². The van der Waals surface area contributed by atoms with Crippen molar-refractivity contribution in [2.45, 2.75) is 64.2 Å². The van der Waals surface area contributed by atoms with E-state index >= 15 is 0 Å². The summed E-state index contributed by atoms with van der Waals surface area (Å²) in [5, 5.41) is 3.48. The van der Waals surface area contributed by atoms with E-state index in [1.165, 1.54) is 44.9 Å². The highest BCUT2D eigenvalue weighted by Crippen LogP contribution is 2.45. The predicted octanol–water partition coefficient (Wildman–Crippen LogP) is 2.41. The lowest BCUT2D eigenvalue weighted by Gasteiger charge is -2.43. The fourth-order valence-corrected chi connectivity index (χ4v) is 5.93. The zero-order valence-corrected chi connectivity index (χ0v) is 16.2. The minimum Gasteiger partial charge on any atom is -0.339 e. The Bertz CT molecular complexity index is 523. The van der Waals surface area contributed by atoms with Crippen molar-refractivity contribution in [2.75, 3.05) is 39.3 Å². The van der Waals surface area contributed by atoms with E-state index < -0.39 is 0 Å². The number of hydrogen-bond acceptors (Lipinski definition) is 3. The van der Waals surface area contributed by atoms with Gasteiger partial charge in [-0.15, -0.1) is 0 Å². The molecule has 4 fully saturated rings. The van der Waals surface area contributed by atoms with Crippen molar-refractivity contribution >= 4 is 11.8 Å². The molecule has 0 bridgehead atoms. The lowest BCUT2D eigenvalue weighted by molar-refractivity contribution is -0.149. The first kappa shape index (κ1) is 18.3. The Morgan fingerprint density at radius 3 is 2.38 bits per heavy atom. The quantitative estimate of drug-likeness (QED) is 0.837. The van der Waals surface area contributed by atoms with Crippen molar-refractivity contribution in [1.29, 1.82) is 0 Å². The SMILES string of the molecule is O=C(CCC1CCCC1)N1CCN(C(=O)[C@@]23CCCC[C@H]2CNC3)CC1. The maximum atomic E-state index is 13.3. The molecule has 2 amide bonds. The van der Waals surface area contributed by atoms with Gasteiger partial charge in [-0.25, -0.2) is 0 Å². The van der Waals surface area contributed by atoms with Crippen LogP contribution in [0.4, 0.5) is 0 Å². The molecule has 2 heterocycles. The third kappa shape index (κ3) is 3.51. The number of nitrogens with one attached hydrogen (secondary N) is 1. The molecule has 0 unspecified atom stereocenters. The second-order valence-corrected chi connectivity index (χ2v) is 9.09. The highest BCUT2D eigenvalue weighted by Gasteiger charge is 2.51. The summed E-state index contributed by atoms with van der Waals surface area (Å²) in [7, 11) is 0. The van der Waals surface area contributed by atoms with Gasteiger partial charge in [0.2, 0.25) is 11.8 Å². The summed E-state index contributed by atoms with van der Waals surface area (Å²) in [5.74, 6) is 1.97. The highest BCUT2D eigenvalue weighted by atomic mass is 16.2. The Hall–Kier alpha value is -1.10. The number of piperazine rings is 1. The Morgan fingerprint density at radius 1 is 0.923 bits per heavy atom. The van der Waals surface area contributed by atoms with Gasteiger partial charge in [-0.3, -0.25) is 9.59 Å². The van der Waals surface area contributed by atoms with Crippen LogP contribution < -0.4 is 5.32 Å². The summed E-state index contributed by atoms with van der Waals surface area (Å²) in [4.78, 5) is 29.9. The first-order valence-corrected chi connectivity index (χ1v) is 11.0. The molecule has 0 aromatic carbocycles. The van der Waals surface area contributed by atoms with Crippen LogP contribution >= 0.6 is 0 Å². The van der Waals surface area contributed by atoms with E-state index in [-0.39, 0.29) is 5.41 Å². The van der Waals surface area contributed by atoms with Crippen LogP contribution in [-0.4, -0.2) is 60.9 Å². The smallest absolute Gasteiger partial charge is 0.230 e. The normalized spacial score (nSPS) is 32.7. The molecule has 2 atom stereocenters. The standard InChI is InChI=1S/C21H35N3O2/c25-19(9-8-17-5-1-2-6-17)23-11-13-24(14-12-23)20(26)21-10-4-3-7-18(21)15-22-16-21/h17-18,22H,1-16H2/t18-,21+/m0/s1. The van der Waals surface area contributed by atoms with E-state index in [4.69, 9.17) is 0 Å². The summed E-state index contributed by atoms with van der Waals surface area (Å²) in [6, 6.07) is 0. The van der Waals surface area contributed by atoms with E-state index in [9.17, 15) is 9.59 Å². The summed E-state index contributed by atoms with van der Waals surface area (Å²) in [5.41, 5.74) is -0.146. The molecular weight excluding hydrogens is 326 g/mol. The van der Waals surface area contributed by atoms with Gasteiger partial charge in [0, 0.05) is 39.1 Å². The molecular formula is C21H35N3O2. The monoisotopic (exact) mass is 361 g/mol. The van der Waals surface area contributed by atoms with Gasteiger partial charge >= 0.3 is 0 Å². The predicted molar refractivity (Wildman–Crippen MR) is 102 cm³/mol. The van der Waals surface area contributed by atoms with Gasteiger partial charge in [-0.05, 0) is 37.6 Å². The molecule has 2 aliphatic heterocycles. The van der Waals surface area contributed by atoms with Gasteiger partial charge in [-0.2, -0.15) is 0 Å². The Kier molecular flexibility index (Phi) is 5.53. The largest absolute Gasteiger partial charge is 0.339 e. The minimum absolute atomic E-state index is 0.146. The second-order valence-electron chi connectivity index (χ2n) is 9.09. The van der Waals surface area contributed by atoms with Crippen LogP contribution in [0.5, 0.6) is 0 Å². The minimum atomic E-state index is -0.146. The molecule has 0 aromatic heterocycles. The van der Waals surface area contributed by atoms with Crippen LogP contribution in [0.25, 0.3) is 0 Å². The average molecular weight is 362 g/mol. The molecule has 0 radical (unpaired) electrons. The topological polar surface area (TPSA) is 52.7 Å². The van der Waals surface area contributed by atoms with Gasteiger partial charge in [0.1, 0.15) is 0 Å². The van der Waals surface area contributed by atoms with Crippen LogP contribution in [0.3, 0.4) is 0 Å². The summed E-state index contributed by atoms with van der Waals surface area (Å²) >= 11 is 0. The lowest BCUT2D eigenvalue weighted by Crippen LogP contribution is -2.56. The number of fused-ring (bicyclic) bond motifs is 1. The van der Waals surface area contributed by atoms with Crippen molar-refractivity contribution in [3.8, 4) is 0 Å². The highest BCUT2D eigenvalue weighted by molar-refractivity contribution is 5.84. The van der Waals surface area contributed by atoms with Crippen molar-refractivity contribution in [3.63, 3.8) is 0 Å². The molecule has 0 aromatic rings. The molecule has 2 saturated carbocycles.